The van der Waals surface area contributed by atoms with Crippen molar-refractivity contribution in [3.8, 4) is 5.69 Å². The molecule has 0 saturated heterocycles. The second kappa shape index (κ2) is 5.49. The van der Waals surface area contributed by atoms with E-state index in [1.807, 2.05) is 37.6 Å². The lowest BCUT2D eigenvalue weighted by Crippen LogP contribution is -2.24. The summed E-state index contributed by atoms with van der Waals surface area (Å²) in [5.74, 6) is -0.130. The molecule has 3 heterocycles. The Hall–Kier alpha value is -2.48. The molecule has 1 N–H and O–H groups in total. The van der Waals surface area contributed by atoms with Gasteiger partial charge in [0, 0.05) is 18.4 Å². The van der Waals surface area contributed by atoms with Crippen molar-refractivity contribution < 1.29 is 4.79 Å². The van der Waals surface area contributed by atoms with Gasteiger partial charge in [-0.3, -0.25) is 4.79 Å². The summed E-state index contributed by atoms with van der Waals surface area (Å²) in [5.41, 5.74) is 2.90. The average molecular weight is 302 g/mol. The van der Waals surface area contributed by atoms with E-state index in [1.165, 1.54) is 22.3 Å². The molecule has 7 nitrogen and oxygen atoms in total. The lowest BCUT2D eigenvalue weighted by atomic mass is 10.3. The van der Waals surface area contributed by atoms with Gasteiger partial charge in [0.05, 0.1) is 12.2 Å². The van der Waals surface area contributed by atoms with Gasteiger partial charge in [0.25, 0.3) is 5.91 Å². The van der Waals surface area contributed by atoms with Crippen LogP contribution in [0.15, 0.2) is 29.9 Å². The van der Waals surface area contributed by atoms with Crippen molar-refractivity contribution in [1.29, 1.82) is 0 Å². The summed E-state index contributed by atoms with van der Waals surface area (Å²) in [4.78, 5) is 12.9. The van der Waals surface area contributed by atoms with E-state index in [1.54, 1.807) is 0 Å². The van der Waals surface area contributed by atoms with E-state index in [4.69, 9.17) is 0 Å². The molecule has 0 radical (unpaired) electrons. The number of thiophene rings is 1. The van der Waals surface area contributed by atoms with Gasteiger partial charge in [-0.05, 0) is 40.9 Å². The molecule has 0 aliphatic heterocycles. The molecule has 0 aliphatic carbocycles. The highest BCUT2D eigenvalue weighted by molar-refractivity contribution is 7.12. The topological polar surface area (TPSA) is 77.6 Å². The lowest BCUT2D eigenvalue weighted by molar-refractivity contribution is 0.0954. The molecule has 0 bridgehead atoms. The Bertz CT molecular complexity index is 758. The molecule has 3 aromatic rings. The maximum Gasteiger partial charge on any atom is 0.263 e. The summed E-state index contributed by atoms with van der Waals surface area (Å²) in [6, 6.07) is 5.86. The summed E-state index contributed by atoms with van der Waals surface area (Å²) >= 11 is 1.37. The van der Waals surface area contributed by atoms with Gasteiger partial charge in [-0.1, -0.05) is 0 Å². The van der Waals surface area contributed by atoms with Gasteiger partial charge in [0.2, 0.25) is 0 Å². The fraction of sp³-hybridized carbons (Fsp3) is 0.231. The van der Waals surface area contributed by atoms with Crippen LogP contribution in [-0.4, -0.2) is 30.7 Å². The molecule has 21 heavy (non-hydrogen) atoms. The predicted octanol–water partition coefficient (Wildman–Crippen LogP) is 1.30. The number of hydrogen-bond donors (Lipinski definition) is 1. The van der Waals surface area contributed by atoms with Crippen molar-refractivity contribution in [2.24, 2.45) is 7.05 Å². The number of carbonyl (C=O) groups is 1. The van der Waals surface area contributed by atoms with E-state index in [0.717, 1.165) is 11.4 Å². The third-order valence-corrected chi connectivity index (χ3v) is 4.26. The summed E-state index contributed by atoms with van der Waals surface area (Å²) in [6.45, 7) is 2.51. The number of aryl methyl sites for hydroxylation is 1. The molecule has 0 aromatic carbocycles. The van der Waals surface area contributed by atoms with E-state index in [2.05, 4.69) is 25.4 Å². The number of tetrazole rings is 1. The summed E-state index contributed by atoms with van der Waals surface area (Å²) in [5, 5.41) is 15.8. The van der Waals surface area contributed by atoms with Crippen molar-refractivity contribution in [3.05, 3.63) is 46.2 Å². The van der Waals surface area contributed by atoms with Crippen molar-refractivity contribution in [1.82, 2.24) is 30.1 Å². The molecule has 0 saturated carbocycles. The quantitative estimate of drug-likeness (QED) is 0.788. The fourth-order valence-corrected chi connectivity index (χ4v) is 2.81. The second-order valence-corrected chi connectivity index (χ2v) is 5.51. The normalized spacial score (nSPS) is 10.8. The molecule has 108 valence electrons. The molecule has 3 rings (SSSR count). The van der Waals surface area contributed by atoms with Gasteiger partial charge in [0.15, 0.2) is 0 Å². The molecular weight excluding hydrogens is 288 g/mol. The van der Waals surface area contributed by atoms with Crippen LogP contribution in [0.5, 0.6) is 0 Å². The minimum absolute atomic E-state index is 0.130. The molecule has 0 fully saturated rings. The van der Waals surface area contributed by atoms with Gasteiger partial charge in [-0.25, -0.2) is 0 Å². The van der Waals surface area contributed by atoms with E-state index in [-0.39, 0.29) is 5.91 Å². The van der Waals surface area contributed by atoms with Crippen LogP contribution in [0.1, 0.15) is 21.1 Å². The molecule has 0 unspecified atom stereocenters. The van der Waals surface area contributed by atoms with Gasteiger partial charge in [0.1, 0.15) is 11.2 Å². The average Bonchev–Trinajstić information content (AvgIpc) is 3.19. The summed E-state index contributed by atoms with van der Waals surface area (Å²) in [7, 11) is 1.98. The molecule has 0 spiro atoms. The van der Waals surface area contributed by atoms with Crippen LogP contribution in [0.25, 0.3) is 5.69 Å². The van der Waals surface area contributed by atoms with Crippen LogP contribution in [0.4, 0.5) is 0 Å². The first-order valence-corrected chi connectivity index (χ1v) is 7.25. The number of aromatic nitrogens is 5. The third kappa shape index (κ3) is 2.57. The monoisotopic (exact) mass is 302 g/mol. The highest BCUT2D eigenvalue weighted by Gasteiger charge is 2.15. The lowest BCUT2D eigenvalue weighted by Gasteiger charge is -2.07. The fourth-order valence-electron chi connectivity index (χ4n) is 2.02. The number of rotatable bonds is 4. The Kier molecular flexibility index (Phi) is 3.53. The van der Waals surface area contributed by atoms with Crippen molar-refractivity contribution in [2.45, 2.75) is 13.5 Å². The zero-order valence-electron chi connectivity index (χ0n) is 11.6. The van der Waals surface area contributed by atoms with Crippen molar-refractivity contribution in [3.63, 3.8) is 0 Å². The van der Waals surface area contributed by atoms with E-state index in [9.17, 15) is 4.79 Å². The number of hydrogen-bond acceptors (Lipinski definition) is 5. The molecular formula is C13H14N6OS. The van der Waals surface area contributed by atoms with Crippen LogP contribution in [0, 0.1) is 6.92 Å². The van der Waals surface area contributed by atoms with Crippen molar-refractivity contribution >= 4 is 17.2 Å². The van der Waals surface area contributed by atoms with Crippen LogP contribution in [0.3, 0.4) is 0 Å². The number of amides is 1. The molecule has 3 aromatic heterocycles. The highest BCUT2D eigenvalue weighted by Crippen LogP contribution is 2.20. The van der Waals surface area contributed by atoms with Crippen LogP contribution in [0.2, 0.25) is 0 Å². The zero-order valence-corrected chi connectivity index (χ0v) is 12.5. The molecule has 0 atom stereocenters. The summed E-state index contributed by atoms with van der Waals surface area (Å²) in [6.07, 6.45) is 1.47. The Morgan fingerprint density at radius 1 is 1.38 bits per heavy atom. The first-order chi connectivity index (χ1) is 10.2. The Labute approximate surface area is 125 Å². The Morgan fingerprint density at radius 2 is 2.24 bits per heavy atom. The van der Waals surface area contributed by atoms with E-state index < -0.39 is 0 Å². The van der Waals surface area contributed by atoms with Gasteiger partial charge >= 0.3 is 0 Å². The first-order valence-electron chi connectivity index (χ1n) is 6.37. The number of nitrogens with zero attached hydrogens (tertiary/aromatic N) is 5. The van der Waals surface area contributed by atoms with Gasteiger partial charge in [-0.15, -0.1) is 16.4 Å². The smallest absolute Gasteiger partial charge is 0.263 e. The summed E-state index contributed by atoms with van der Waals surface area (Å²) < 4.78 is 3.54. The maximum atomic E-state index is 12.3. The second-order valence-electron chi connectivity index (χ2n) is 4.60. The van der Waals surface area contributed by atoms with Gasteiger partial charge in [-0.2, -0.15) is 4.68 Å². The standard InChI is InChI=1S/C13H14N6OS/c1-9-3-4-10(18(9)2)7-14-13(20)12-11(5-6-21-12)19-8-15-16-17-19/h3-6,8H,7H2,1-2H3,(H,14,20). The first kappa shape index (κ1) is 13.5. The highest BCUT2D eigenvalue weighted by atomic mass is 32.1. The molecule has 1 amide bonds. The molecule has 8 heteroatoms. The SMILES string of the molecule is Cc1ccc(CNC(=O)c2sccc2-n2cnnn2)n1C. The zero-order chi connectivity index (χ0) is 14.8. The largest absolute Gasteiger partial charge is 0.350 e. The van der Waals surface area contributed by atoms with E-state index in [0.29, 0.717) is 17.1 Å². The van der Waals surface area contributed by atoms with Gasteiger partial charge < -0.3 is 9.88 Å². The van der Waals surface area contributed by atoms with Crippen LogP contribution in [-0.2, 0) is 13.6 Å². The number of nitrogens with one attached hydrogen (secondary N) is 1. The Balaban J connectivity index is 1.75. The maximum absolute atomic E-state index is 12.3. The minimum atomic E-state index is -0.130. The molecule has 0 aliphatic rings. The predicted molar refractivity (Wildman–Crippen MR) is 78.4 cm³/mol. The van der Waals surface area contributed by atoms with E-state index >= 15 is 0 Å². The minimum Gasteiger partial charge on any atom is -0.350 e. The number of carbonyl (C=O) groups excluding carboxylic acids is 1. The Morgan fingerprint density at radius 3 is 2.90 bits per heavy atom. The van der Waals surface area contributed by atoms with Crippen LogP contribution < -0.4 is 5.32 Å². The van der Waals surface area contributed by atoms with Crippen LogP contribution >= 0.6 is 11.3 Å². The third-order valence-electron chi connectivity index (χ3n) is 3.35. The van der Waals surface area contributed by atoms with Crippen molar-refractivity contribution in [2.75, 3.05) is 0 Å².